The van der Waals surface area contributed by atoms with Crippen molar-refractivity contribution in [1.82, 2.24) is 15.5 Å². The number of carbonyl (C=O) groups is 2. The molecular weight excluding hydrogens is 414 g/mol. The van der Waals surface area contributed by atoms with E-state index < -0.39 is 0 Å². The number of carbonyl (C=O) groups excluding carboxylic acids is 2. The van der Waals surface area contributed by atoms with Crippen molar-refractivity contribution in [2.45, 2.75) is 18.6 Å². The van der Waals surface area contributed by atoms with Crippen LogP contribution in [0, 0.1) is 0 Å². The maximum Gasteiger partial charge on any atom is 0.277 e. The number of rotatable bonds is 8. The van der Waals surface area contributed by atoms with Crippen LogP contribution in [-0.4, -0.2) is 41.0 Å². The Balaban J connectivity index is 1.32. The highest BCUT2D eigenvalue weighted by molar-refractivity contribution is 7.99. The fourth-order valence-electron chi connectivity index (χ4n) is 2.64. The number of benzene rings is 1. The van der Waals surface area contributed by atoms with Crippen molar-refractivity contribution in [1.29, 1.82) is 0 Å². The van der Waals surface area contributed by atoms with Gasteiger partial charge >= 0.3 is 0 Å². The van der Waals surface area contributed by atoms with Gasteiger partial charge in [-0.2, -0.15) is 0 Å². The van der Waals surface area contributed by atoms with E-state index in [2.05, 4.69) is 15.5 Å². The van der Waals surface area contributed by atoms with E-state index in [0.29, 0.717) is 40.5 Å². The minimum absolute atomic E-state index is 0.00592. The summed E-state index contributed by atoms with van der Waals surface area (Å²) in [6.45, 7) is 2.24. The molecule has 0 radical (unpaired) electrons. The van der Waals surface area contributed by atoms with Crippen LogP contribution in [0.3, 0.4) is 0 Å². The predicted molar refractivity (Wildman–Crippen MR) is 108 cm³/mol. The van der Waals surface area contributed by atoms with Gasteiger partial charge in [0.1, 0.15) is 0 Å². The maximum absolute atomic E-state index is 12.4. The van der Waals surface area contributed by atoms with E-state index in [1.165, 1.54) is 30.0 Å². The Morgan fingerprint density at radius 3 is 2.90 bits per heavy atom. The van der Waals surface area contributed by atoms with Crippen LogP contribution in [-0.2, 0) is 11.2 Å². The number of aromatic nitrogens is 2. The van der Waals surface area contributed by atoms with Crippen LogP contribution in [0.1, 0.15) is 21.5 Å². The van der Waals surface area contributed by atoms with Crippen molar-refractivity contribution in [2.24, 2.45) is 0 Å². The Morgan fingerprint density at radius 1 is 1.17 bits per heavy atom. The molecule has 1 amide bonds. The standard InChI is InChI=1S/C19H17N3O5S2/c1-11(23)20-7-6-13-3-5-17(29-13)14(24)9-28-19-22-21-18(27-19)12-2-4-15-16(8-12)26-10-25-15/h2-5,8H,6-7,9-10H2,1H3,(H,20,23). The number of hydrogen-bond donors (Lipinski definition) is 1. The van der Waals surface area contributed by atoms with E-state index in [9.17, 15) is 9.59 Å². The molecule has 0 aliphatic carbocycles. The fourth-order valence-corrected chi connectivity index (χ4v) is 4.32. The van der Waals surface area contributed by atoms with E-state index in [1.807, 2.05) is 18.2 Å². The number of nitrogens with zero attached hydrogens (tertiary/aromatic N) is 2. The molecule has 1 N–H and O–H groups in total. The summed E-state index contributed by atoms with van der Waals surface area (Å²) in [5.41, 5.74) is 0.724. The number of nitrogens with one attached hydrogen (secondary N) is 1. The fraction of sp³-hybridized carbons (Fsp3) is 0.263. The van der Waals surface area contributed by atoms with Crippen molar-refractivity contribution in [2.75, 3.05) is 19.1 Å². The average molecular weight is 431 g/mol. The summed E-state index contributed by atoms with van der Waals surface area (Å²) in [6.07, 6.45) is 0.702. The van der Waals surface area contributed by atoms with E-state index >= 15 is 0 Å². The van der Waals surface area contributed by atoms with Crippen molar-refractivity contribution in [3.05, 3.63) is 40.1 Å². The minimum Gasteiger partial charge on any atom is -0.454 e. The summed E-state index contributed by atoms with van der Waals surface area (Å²) in [5, 5.41) is 11.1. The lowest BCUT2D eigenvalue weighted by Crippen LogP contribution is -2.22. The van der Waals surface area contributed by atoms with Gasteiger partial charge in [0.15, 0.2) is 17.3 Å². The molecule has 0 atom stereocenters. The van der Waals surface area contributed by atoms with E-state index in [-0.39, 0.29) is 24.2 Å². The number of fused-ring (bicyclic) bond motifs is 1. The lowest BCUT2D eigenvalue weighted by Gasteiger charge is -1.99. The Hall–Kier alpha value is -2.85. The van der Waals surface area contributed by atoms with Crippen LogP contribution in [0.2, 0.25) is 0 Å². The topological polar surface area (TPSA) is 104 Å². The molecule has 8 nitrogen and oxygen atoms in total. The van der Waals surface area contributed by atoms with Crippen LogP contribution in [0.15, 0.2) is 40.0 Å². The number of ether oxygens (including phenoxy) is 2. The molecule has 2 aromatic heterocycles. The second kappa shape index (κ2) is 8.66. The molecule has 0 saturated carbocycles. The Morgan fingerprint density at radius 2 is 2.03 bits per heavy atom. The van der Waals surface area contributed by atoms with E-state index in [4.69, 9.17) is 13.9 Å². The highest BCUT2D eigenvalue weighted by atomic mass is 32.2. The van der Waals surface area contributed by atoms with Crippen molar-refractivity contribution in [3.63, 3.8) is 0 Å². The first kappa shape index (κ1) is 19.5. The minimum atomic E-state index is -0.0612. The zero-order chi connectivity index (χ0) is 20.2. The van der Waals surface area contributed by atoms with Crippen LogP contribution < -0.4 is 14.8 Å². The van der Waals surface area contributed by atoms with Crippen molar-refractivity contribution >= 4 is 34.8 Å². The molecule has 0 bridgehead atoms. The number of thiophene rings is 1. The molecule has 3 heterocycles. The monoisotopic (exact) mass is 431 g/mol. The van der Waals surface area contributed by atoms with E-state index in [1.54, 1.807) is 12.1 Å². The number of amides is 1. The Bertz CT molecular complexity index is 1050. The first-order valence-corrected chi connectivity index (χ1v) is 10.6. The van der Waals surface area contributed by atoms with E-state index in [0.717, 1.165) is 10.4 Å². The zero-order valence-electron chi connectivity index (χ0n) is 15.5. The first-order valence-electron chi connectivity index (χ1n) is 8.81. The van der Waals surface area contributed by atoms with Gasteiger partial charge in [-0.1, -0.05) is 11.8 Å². The Kier molecular flexibility index (Phi) is 5.81. The molecule has 0 spiro atoms. The van der Waals surface area contributed by atoms with Crippen LogP contribution in [0.25, 0.3) is 11.5 Å². The van der Waals surface area contributed by atoms with Gasteiger partial charge in [0.2, 0.25) is 18.6 Å². The van der Waals surface area contributed by atoms with Gasteiger partial charge in [0, 0.05) is 23.9 Å². The molecule has 0 saturated heterocycles. The summed E-state index contributed by atoms with van der Waals surface area (Å²) < 4.78 is 16.3. The van der Waals surface area contributed by atoms with Gasteiger partial charge < -0.3 is 19.2 Å². The second-order valence-electron chi connectivity index (χ2n) is 6.15. The van der Waals surface area contributed by atoms with Crippen LogP contribution in [0.4, 0.5) is 0 Å². The number of thioether (sulfide) groups is 1. The molecule has 0 fully saturated rings. The molecule has 1 aliphatic rings. The van der Waals surface area contributed by atoms with Gasteiger partial charge in [0.25, 0.3) is 5.22 Å². The average Bonchev–Trinajstić information content (AvgIpc) is 3.45. The van der Waals surface area contributed by atoms with Gasteiger partial charge in [-0.05, 0) is 36.8 Å². The summed E-state index contributed by atoms with van der Waals surface area (Å²) in [6, 6.07) is 9.11. The summed E-state index contributed by atoms with van der Waals surface area (Å²) in [5.74, 6) is 1.81. The third kappa shape index (κ3) is 4.77. The summed E-state index contributed by atoms with van der Waals surface area (Å²) in [4.78, 5) is 25.1. The third-order valence-electron chi connectivity index (χ3n) is 4.03. The third-order valence-corrected chi connectivity index (χ3v) is 6.04. The normalized spacial score (nSPS) is 12.2. The highest BCUT2D eigenvalue weighted by Gasteiger charge is 2.18. The van der Waals surface area contributed by atoms with Crippen LogP contribution >= 0.6 is 23.1 Å². The quantitative estimate of drug-likeness (QED) is 0.428. The molecule has 1 aliphatic heterocycles. The molecule has 10 heteroatoms. The molecule has 3 aromatic rings. The smallest absolute Gasteiger partial charge is 0.277 e. The van der Waals surface area contributed by atoms with Crippen molar-refractivity contribution in [3.8, 4) is 23.0 Å². The van der Waals surface area contributed by atoms with Gasteiger partial charge in [0.05, 0.1) is 10.6 Å². The number of Topliss-reactive ketones (excluding diaryl/α,β-unsaturated/α-hetero) is 1. The SMILES string of the molecule is CC(=O)NCCc1ccc(C(=O)CSc2nnc(-c3ccc4c(c3)OCO4)o2)s1. The predicted octanol–water partition coefficient (Wildman–Crippen LogP) is 3.18. The largest absolute Gasteiger partial charge is 0.454 e. The van der Waals surface area contributed by atoms with Gasteiger partial charge in [-0.15, -0.1) is 21.5 Å². The Labute approximate surface area is 174 Å². The lowest BCUT2D eigenvalue weighted by molar-refractivity contribution is -0.118. The molecule has 0 unspecified atom stereocenters. The van der Waals surface area contributed by atoms with Crippen molar-refractivity contribution < 1.29 is 23.5 Å². The molecule has 1 aromatic carbocycles. The maximum atomic E-state index is 12.4. The summed E-state index contributed by atoms with van der Waals surface area (Å²) >= 11 is 2.63. The zero-order valence-corrected chi connectivity index (χ0v) is 17.1. The first-order chi connectivity index (χ1) is 14.1. The lowest BCUT2D eigenvalue weighted by atomic mass is 10.2. The molecule has 29 heavy (non-hydrogen) atoms. The second-order valence-corrected chi connectivity index (χ2v) is 8.25. The highest BCUT2D eigenvalue weighted by Crippen LogP contribution is 2.36. The molecule has 150 valence electrons. The van der Waals surface area contributed by atoms with Crippen LogP contribution in [0.5, 0.6) is 11.5 Å². The summed E-state index contributed by atoms with van der Waals surface area (Å²) in [7, 11) is 0. The van der Waals surface area contributed by atoms with Gasteiger partial charge in [-0.25, -0.2) is 0 Å². The molecule has 4 rings (SSSR count). The number of ketones is 1. The van der Waals surface area contributed by atoms with Gasteiger partial charge in [-0.3, -0.25) is 9.59 Å². The molecular formula is C19H17N3O5S2. The number of hydrogen-bond acceptors (Lipinski definition) is 9.